The standard InChI is InChI=1S/C23H18N2O5S/c26-21(14-25-22(27)17-5-1-2-6-18(17)23(25)28)24(13-16-4-3-11-31-16)15-7-8-19-20(12-15)30-10-9-29-19/h1-8,11-12H,9-10,13-14H2. The van der Waals surface area contributed by atoms with E-state index >= 15 is 0 Å². The first kappa shape index (κ1) is 19.3. The number of hydrogen-bond donors (Lipinski definition) is 0. The minimum atomic E-state index is -0.452. The van der Waals surface area contributed by atoms with Crippen LogP contribution in [-0.2, 0) is 11.3 Å². The van der Waals surface area contributed by atoms with Crippen LogP contribution in [-0.4, -0.2) is 42.4 Å². The average Bonchev–Trinajstić information content (AvgIpc) is 3.40. The van der Waals surface area contributed by atoms with Crippen molar-refractivity contribution in [1.82, 2.24) is 4.90 Å². The summed E-state index contributed by atoms with van der Waals surface area (Å²) in [4.78, 5) is 42.3. The van der Waals surface area contributed by atoms with Gasteiger partial charge in [0.25, 0.3) is 11.8 Å². The molecule has 5 rings (SSSR count). The molecule has 1 aromatic heterocycles. The monoisotopic (exact) mass is 434 g/mol. The molecular formula is C23H18N2O5S. The lowest BCUT2D eigenvalue weighted by atomic mass is 10.1. The molecule has 2 aliphatic rings. The highest BCUT2D eigenvalue weighted by Gasteiger charge is 2.37. The molecule has 3 aromatic rings. The van der Waals surface area contributed by atoms with Gasteiger partial charge in [-0.15, -0.1) is 11.3 Å². The Kier molecular flexibility index (Phi) is 4.91. The highest BCUT2D eigenvalue weighted by Crippen LogP contribution is 2.35. The predicted octanol–water partition coefficient (Wildman–Crippen LogP) is 3.35. The minimum Gasteiger partial charge on any atom is -0.486 e. The van der Waals surface area contributed by atoms with Crippen LogP contribution in [0.1, 0.15) is 25.6 Å². The molecule has 156 valence electrons. The van der Waals surface area contributed by atoms with Crippen LogP contribution in [0.2, 0.25) is 0 Å². The van der Waals surface area contributed by atoms with Crippen molar-refractivity contribution in [3.8, 4) is 11.5 Å². The van der Waals surface area contributed by atoms with Gasteiger partial charge in [0.05, 0.1) is 17.7 Å². The highest BCUT2D eigenvalue weighted by molar-refractivity contribution is 7.09. The number of rotatable bonds is 5. The van der Waals surface area contributed by atoms with Crippen LogP contribution in [0.15, 0.2) is 60.0 Å². The van der Waals surface area contributed by atoms with Crippen molar-refractivity contribution in [2.75, 3.05) is 24.7 Å². The number of carbonyl (C=O) groups is 3. The summed E-state index contributed by atoms with van der Waals surface area (Å²) in [6, 6.07) is 15.8. The lowest BCUT2D eigenvalue weighted by molar-refractivity contribution is -0.119. The third-order valence-corrected chi connectivity index (χ3v) is 6.07. The number of anilines is 1. The van der Waals surface area contributed by atoms with Crippen LogP contribution in [0.25, 0.3) is 0 Å². The minimum absolute atomic E-state index is 0.319. The molecule has 0 spiro atoms. The van der Waals surface area contributed by atoms with Crippen LogP contribution >= 0.6 is 11.3 Å². The summed E-state index contributed by atoms with van der Waals surface area (Å²) in [6.45, 7) is 0.889. The second kappa shape index (κ2) is 7.88. The van der Waals surface area contributed by atoms with E-state index < -0.39 is 11.8 Å². The summed E-state index contributed by atoms with van der Waals surface area (Å²) in [5.74, 6) is -0.0775. The van der Waals surface area contributed by atoms with Crippen molar-refractivity contribution in [1.29, 1.82) is 0 Å². The Labute approximate surface area is 182 Å². The molecule has 0 aliphatic carbocycles. The number of thiophene rings is 1. The summed E-state index contributed by atoms with van der Waals surface area (Å²) in [6.07, 6.45) is 0. The molecule has 3 amide bonds. The molecule has 0 fully saturated rings. The molecule has 0 N–H and O–H groups in total. The number of imide groups is 1. The summed E-state index contributed by atoms with van der Waals surface area (Å²) in [5.41, 5.74) is 1.26. The van der Waals surface area contributed by atoms with E-state index in [0.717, 1.165) is 9.78 Å². The van der Waals surface area contributed by atoms with Crippen molar-refractivity contribution in [2.24, 2.45) is 0 Å². The molecule has 31 heavy (non-hydrogen) atoms. The Morgan fingerprint density at radius 2 is 1.65 bits per heavy atom. The molecular weight excluding hydrogens is 416 g/mol. The van der Waals surface area contributed by atoms with E-state index in [1.807, 2.05) is 17.5 Å². The first-order valence-electron chi connectivity index (χ1n) is 9.79. The number of benzene rings is 2. The van der Waals surface area contributed by atoms with E-state index in [9.17, 15) is 14.4 Å². The number of hydrogen-bond acceptors (Lipinski definition) is 6. The van der Waals surface area contributed by atoms with Crippen LogP contribution in [0, 0.1) is 0 Å². The van der Waals surface area contributed by atoms with Crippen molar-refractivity contribution in [3.63, 3.8) is 0 Å². The molecule has 2 aromatic carbocycles. The van der Waals surface area contributed by atoms with E-state index in [1.54, 1.807) is 47.4 Å². The number of nitrogens with zero attached hydrogens (tertiary/aromatic N) is 2. The van der Waals surface area contributed by atoms with Gasteiger partial charge in [-0.25, -0.2) is 0 Å². The molecule has 0 unspecified atom stereocenters. The van der Waals surface area contributed by atoms with Crippen molar-refractivity contribution >= 4 is 34.7 Å². The van der Waals surface area contributed by atoms with Gasteiger partial charge in [-0.1, -0.05) is 18.2 Å². The van der Waals surface area contributed by atoms with E-state index in [4.69, 9.17) is 9.47 Å². The molecule has 0 bridgehead atoms. The van der Waals surface area contributed by atoms with Gasteiger partial charge >= 0.3 is 0 Å². The summed E-state index contributed by atoms with van der Waals surface area (Å²) >= 11 is 1.53. The lowest BCUT2D eigenvalue weighted by Gasteiger charge is -2.26. The fourth-order valence-corrected chi connectivity index (χ4v) is 4.38. The molecule has 0 atom stereocenters. The molecule has 7 nitrogen and oxygen atoms in total. The van der Waals surface area contributed by atoms with Gasteiger partial charge < -0.3 is 14.4 Å². The van der Waals surface area contributed by atoms with Gasteiger partial charge in [-0.3, -0.25) is 19.3 Å². The normalized spacial score (nSPS) is 14.5. The van der Waals surface area contributed by atoms with Gasteiger partial charge in [0.15, 0.2) is 11.5 Å². The number of ether oxygens (including phenoxy) is 2. The highest BCUT2D eigenvalue weighted by atomic mass is 32.1. The fraction of sp³-hybridized carbons (Fsp3) is 0.174. The van der Waals surface area contributed by atoms with Crippen LogP contribution in [0.3, 0.4) is 0 Å². The van der Waals surface area contributed by atoms with Crippen LogP contribution in [0.5, 0.6) is 11.5 Å². The van der Waals surface area contributed by atoms with E-state index in [2.05, 4.69) is 0 Å². The Morgan fingerprint density at radius 1 is 0.935 bits per heavy atom. The largest absolute Gasteiger partial charge is 0.486 e. The maximum atomic E-state index is 13.3. The molecule has 0 saturated heterocycles. The third-order valence-electron chi connectivity index (χ3n) is 5.20. The number of amides is 3. The zero-order chi connectivity index (χ0) is 21.4. The number of fused-ring (bicyclic) bond motifs is 2. The maximum absolute atomic E-state index is 13.3. The number of carbonyl (C=O) groups excluding carboxylic acids is 3. The Balaban J connectivity index is 1.44. The van der Waals surface area contributed by atoms with Gasteiger partial charge in [0.2, 0.25) is 5.91 Å². The summed E-state index contributed by atoms with van der Waals surface area (Å²) in [7, 11) is 0. The zero-order valence-electron chi connectivity index (χ0n) is 16.4. The molecule has 2 aliphatic heterocycles. The SMILES string of the molecule is O=C1c2ccccc2C(=O)N1CC(=O)N(Cc1cccs1)c1ccc2c(c1)OCCO2. The quantitative estimate of drug-likeness (QED) is 0.576. The van der Waals surface area contributed by atoms with Gasteiger partial charge in [0, 0.05) is 16.6 Å². The first-order chi connectivity index (χ1) is 15.1. The molecule has 0 radical (unpaired) electrons. The van der Waals surface area contributed by atoms with Crippen LogP contribution < -0.4 is 14.4 Å². The Bertz CT molecular complexity index is 1140. The fourth-order valence-electron chi connectivity index (χ4n) is 3.69. The van der Waals surface area contributed by atoms with Crippen molar-refractivity contribution < 1.29 is 23.9 Å². The predicted molar refractivity (Wildman–Crippen MR) is 115 cm³/mol. The lowest BCUT2D eigenvalue weighted by Crippen LogP contribution is -2.42. The van der Waals surface area contributed by atoms with Crippen molar-refractivity contribution in [3.05, 3.63) is 76.0 Å². The molecule has 0 saturated carbocycles. The third kappa shape index (κ3) is 3.55. The van der Waals surface area contributed by atoms with E-state index in [0.29, 0.717) is 48.1 Å². The van der Waals surface area contributed by atoms with Gasteiger partial charge in [-0.05, 0) is 35.7 Å². The summed E-state index contributed by atoms with van der Waals surface area (Å²) in [5, 5.41) is 1.94. The zero-order valence-corrected chi connectivity index (χ0v) is 17.3. The Morgan fingerprint density at radius 3 is 2.32 bits per heavy atom. The molecule has 3 heterocycles. The van der Waals surface area contributed by atoms with E-state index in [1.165, 1.54) is 11.3 Å². The molecule has 8 heteroatoms. The van der Waals surface area contributed by atoms with E-state index in [-0.39, 0.29) is 12.5 Å². The topological polar surface area (TPSA) is 76.2 Å². The Hall–Kier alpha value is -3.65. The second-order valence-electron chi connectivity index (χ2n) is 7.13. The average molecular weight is 434 g/mol. The summed E-state index contributed by atoms with van der Waals surface area (Å²) < 4.78 is 11.2. The maximum Gasteiger partial charge on any atom is 0.262 e. The van der Waals surface area contributed by atoms with Crippen LogP contribution in [0.4, 0.5) is 5.69 Å². The smallest absolute Gasteiger partial charge is 0.262 e. The van der Waals surface area contributed by atoms with Crippen molar-refractivity contribution in [2.45, 2.75) is 6.54 Å². The van der Waals surface area contributed by atoms with Gasteiger partial charge in [-0.2, -0.15) is 0 Å². The first-order valence-corrected chi connectivity index (χ1v) is 10.7. The van der Waals surface area contributed by atoms with Gasteiger partial charge in [0.1, 0.15) is 19.8 Å². The second-order valence-corrected chi connectivity index (χ2v) is 8.16.